The highest BCUT2D eigenvalue weighted by Gasteiger charge is 2.25. The molecule has 0 N–H and O–H groups in total. The Morgan fingerprint density at radius 2 is 2.33 bits per heavy atom. The predicted molar refractivity (Wildman–Crippen MR) is 58.5 cm³/mol. The average molecular weight is 212 g/mol. The SMILES string of the molecule is C=CC(=O)OCCC1OCC(C)CC1C. The van der Waals surface area contributed by atoms with Crippen molar-refractivity contribution in [1.29, 1.82) is 0 Å². The smallest absolute Gasteiger partial charge is 0.330 e. The van der Waals surface area contributed by atoms with Gasteiger partial charge >= 0.3 is 5.97 Å². The van der Waals surface area contributed by atoms with Crippen LogP contribution in [0.4, 0.5) is 0 Å². The van der Waals surface area contributed by atoms with Gasteiger partial charge in [-0.2, -0.15) is 0 Å². The molecule has 3 atom stereocenters. The molecule has 1 aliphatic heterocycles. The van der Waals surface area contributed by atoms with Crippen molar-refractivity contribution in [1.82, 2.24) is 0 Å². The van der Waals surface area contributed by atoms with Gasteiger partial charge in [0.1, 0.15) is 0 Å². The first-order chi connectivity index (χ1) is 7.13. The molecule has 1 aliphatic rings. The van der Waals surface area contributed by atoms with E-state index >= 15 is 0 Å². The normalized spacial score (nSPS) is 30.9. The molecule has 0 amide bonds. The molecule has 0 aromatic rings. The van der Waals surface area contributed by atoms with E-state index in [-0.39, 0.29) is 12.1 Å². The van der Waals surface area contributed by atoms with E-state index in [1.54, 1.807) is 0 Å². The largest absolute Gasteiger partial charge is 0.462 e. The van der Waals surface area contributed by atoms with Crippen molar-refractivity contribution in [3.05, 3.63) is 12.7 Å². The molecule has 15 heavy (non-hydrogen) atoms. The van der Waals surface area contributed by atoms with E-state index < -0.39 is 0 Å². The van der Waals surface area contributed by atoms with Gasteiger partial charge in [0, 0.05) is 19.1 Å². The van der Waals surface area contributed by atoms with Crippen LogP contribution < -0.4 is 0 Å². The van der Waals surface area contributed by atoms with E-state index in [1.165, 1.54) is 12.5 Å². The third kappa shape index (κ3) is 4.04. The Kier molecular flexibility index (Phi) is 4.82. The van der Waals surface area contributed by atoms with Crippen LogP contribution in [-0.4, -0.2) is 25.3 Å². The molecule has 3 nitrogen and oxygen atoms in total. The lowest BCUT2D eigenvalue weighted by atomic mass is 9.89. The quantitative estimate of drug-likeness (QED) is 0.529. The predicted octanol–water partition coefficient (Wildman–Crippen LogP) is 2.17. The summed E-state index contributed by atoms with van der Waals surface area (Å²) in [5.41, 5.74) is 0. The standard InChI is InChI=1S/C12H20O3/c1-4-12(13)14-6-5-11-10(3)7-9(2)8-15-11/h4,9-11H,1,5-8H2,2-3H3. The molecular formula is C12H20O3. The van der Waals surface area contributed by atoms with Crippen LogP contribution in [0.3, 0.4) is 0 Å². The second-order valence-electron chi connectivity index (χ2n) is 4.35. The molecule has 0 aromatic carbocycles. The molecule has 3 unspecified atom stereocenters. The number of hydrogen-bond acceptors (Lipinski definition) is 3. The molecular weight excluding hydrogens is 192 g/mol. The highest BCUT2D eigenvalue weighted by Crippen LogP contribution is 2.26. The van der Waals surface area contributed by atoms with Gasteiger partial charge in [0.25, 0.3) is 0 Å². The van der Waals surface area contributed by atoms with Crippen LogP contribution in [0.5, 0.6) is 0 Å². The summed E-state index contributed by atoms with van der Waals surface area (Å²) in [5.74, 6) is 0.843. The van der Waals surface area contributed by atoms with E-state index in [0.717, 1.165) is 13.0 Å². The van der Waals surface area contributed by atoms with Gasteiger partial charge in [0.2, 0.25) is 0 Å². The van der Waals surface area contributed by atoms with Crippen LogP contribution in [0.2, 0.25) is 0 Å². The Hall–Kier alpha value is -0.830. The molecule has 0 radical (unpaired) electrons. The lowest BCUT2D eigenvalue weighted by Gasteiger charge is -2.32. The van der Waals surface area contributed by atoms with Crippen molar-refractivity contribution >= 4 is 5.97 Å². The Morgan fingerprint density at radius 1 is 1.60 bits per heavy atom. The van der Waals surface area contributed by atoms with Gasteiger partial charge in [-0.05, 0) is 18.3 Å². The zero-order chi connectivity index (χ0) is 11.3. The third-order valence-corrected chi connectivity index (χ3v) is 2.82. The van der Waals surface area contributed by atoms with Crippen LogP contribution in [-0.2, 0) is 14.3 Å². The number of carbonyl (C=O) groups is 1. The summed E-state index contributed by atoms with van der Waals surface area (Å²) in [6.45, 7) is 8.98. The van der Waals surface area contributed by atoms with Gasteiger partial charge < -0.3 is 9.47 Å². The molecule has 1 fully saturated rings. The Balaban J connectivity index is 2.21. The highest BCUT2D eigenvalue weighted by molar-refractivity contribution is 5.81. The minimum Gasteiger partial charge on any atom is -0.462 e. The van der Waals surface area contributed by atoms with Crippen molar-refractivity contribution in [2.75, 3.05) is 13.2 Å². The van der Waals surface area contributed by atoms with E-state index in [9.17, 15) is 4.79 Å². The second kappa shape index (κ2) is 5.91. The molecule has 86 valence electrons. The van der Waals surface area contributed by atoms with Crippen molar-refractivity contribution in [3.8, 4) is 0 Å². The van der Waals surface area contributed by atoms with Crippen molar-refractivity contribution in [2.24, 2.45) is 11.8 Å². The van der Waals surface area contributed by atoms with Crippen molar-refractivity contribution in [2.45, 2.75) is 32.8 Å². The van der Waals surface area contributed by atoms with Gasteiger partial charge in [-0.3, -0.25) is 0 Å². The summed E-state index contributed by atoms with van der Waals surface area (Å²) in [7, 11) is 0. The summed E-state index contributed by atoms with van der Waals surface area (Å²) >= 11 is 0. The molecule has 0 saturated carbocycles. The van der Waals surface area contributed by atoms with Gasteiger partial charge in [-0.25, -0.2) is 4.79 Å². The molecule has 0 spiro atoms. The van der Waals surface area contributed by atoms with Crippen molar-refractivity contribution in [3.63, 3.8) is 0 Å². The maximum Gasteiger partial charge on any atom is 0.330 e. The number of ether oxygens (including phenoxy) is 2. The van der Waals surface area contributed by atoms with Crippen LogP contribution in [0.1, 0.15) is 26.7 Å². The minimum atomic E-state index is -0.355. The molecule has 0 aliphatic carbocycles. The fourth-order valence-electron chi connectivity index (χ4n) is 2.01. The molecule has 3 heteroatoms. The first-order valence-electron chi connectivity index (χ1n) is 5.54. The summed E-state index contributed by atoms with van der Waals surface area (Å²) in [4.78, 5) is 10.8. The molecule has 1 rings (SSSR count). The van der Waals surface area contributed by atoms with E-state index in [0.29, 0.717) is 18.4 Å². The Labute approximate surface area is 91.4 Å². The zero-order valence-electron chi connectivity index (χ0n) is 9.57. The fourth-order valence-corrected chi connectivity index (χ4v) is 2.01. The Bertz CT molecular complexity index is 225. The minimum absolute atomic E-state index is 0.235. The molecule has 1 heterocycles. The van der Waals surface area contributed by atoms with Gasteiger partial charge in [-0.15, -0.1) is 0 Å². The number of carbonyl (C=O) groups excluding carboxylic acids is 1. The third-order valence-electron chi connectivity index (χ3n) is 2.82. The summed E-state index contributed by atoms with van der Waals surface area (Å²) in [5, 5.41) is 0. The summed E-state index contributed by atoms with van der Waals surface area (Å²) in [6, 6.07) is 0. The average Bonchev–Trinajstić information content (AvgIpc) is 2.21. The zero-order valence-corrected chi connectivity index (χ0v) is 9.57. The van der Waals surface area contributed by atoms with E-state index in [1.807, 2.05) is 0 Å². The molecule has 0 aromatic heterocycles. The van der Waals surface area contributed by atoms with Gasteiger partial charge in [0.15, 0.2) is 0 Å². The van der Waals surface area contributed by atoms with E-state index in [2.05, 4.69) is 20.4 Å². The van der Waals surface area contributed by atoms with Gasteiger partial charge in [-0.1, -0.05) is 20.4 Å². The summed E-state index contributed by atoms with van der Waals surface area (Å²) in [6.07, 6.45) is 3.40. The topological polar surface area (TPSA) is 35.5 Å². The lowest BCUT2D eigenvalue weighted by molar-refractivity contribution is -0.139. The number of hydrogen-bond donors (Lipinski definition) is 0. The van der Waals surface area contributed by atoms with E-state index in [4.69, 9.17) is 9.47 Å². The Morgan fingerprint density at radius 3 is 2.93 bits per heavy atom. The second-order valence-corrected chi connectivity index (χ2v) is 4.35. The fraction of sp³-hybridized carbons (Fsp3) is 0.750. The highest BCUT2D eigenvalue weighted by atomic mass is 16.5. The van der Waals surface area contributed by atoms with Crippen LogP contribution in [0, 0.1) is 11.8 Å². The molecule has 1 saturated heterocycles. The van der Waals surface area contributed by atoms with Crippen LogP contribution in [0.15, 0.2) is 12.7 Å². The maximum atomic E-state index is 10.8. The summed E-state index contributed by atoms with van der Waals surface area (Å²) < 4.78 is 10.6. The lowest BCUT2D eigenvalue weighted by Crippen LogP contribution is -2.33. The first-order valence-corrected chi connectivity index (χ1v) is 5.54. The number of rotatable bonds is 4. The molecule has 0 bridgehead atoms. The van der Waals surface area contributed by atoms with Crippen LogP contribution in [0.25, 0.3) is 0 Å². The monoisotopic (exact) mass is 212 g/mol. The van der Waals surface area contributed by atoms with Crippen LogP contribution >= 0.6 is 0 Å². The van der Waals surface area contributed by atoms with Gasteiger partial charge in [0.05, 0.1) is 12.7 Å². The first kappa shape index (κ1) is 12.2. The van der Waals surface area contributed by atoms with Crippen molar-refractivity contribution < 1.29 is 14.3 Å². The number of esters is 1. The maximum absolute atomic E-state index is 10.8.